The van der Waals surface area contributed by atoms with Crippen molar-refractivity contribution in [3.63, 3.8) is 0 Å². The summed E-state index contributed by atoms with van der Waals surface area (Å²) >= 11 is 0. The van der Waals surface area contributed by atoms with Crippen LogP contribution in [-0.2, 0) is 25.8 Å². The third kappa shape index (κ3) is 5.89. The summed E-state index contributed by atoms with van der Waals surface area (Å²) in [7, 11) is -1.36. The minimum atomic E-state index is -1.36. The van der Waals surface area contributed by atoms with Crippen LogP contribution in [-0.4, -0.2) is 13.9 Å². The van der Waals surface area contributed by atoms with Crippen LogP contribution in [0.4, 0.5) is 0 Å². The van der Waals surface area contributed by atoms with Crippen molar-refractivity contribution in [1.82, 2.24) is 0 Å². The molecule has 0 unspecified atom stereocenters. The maximum absolute atomic E-state index is 7.46. The third-order valence-corrected chi connectivity index (χ3v) is 4.08. The van der Waals surface area contributed by atoms with Gasteiger partial charge in [-0.15, -0.1) is 34.0 Å². The van der Waals surface area contributed by atoms with Gasteiger partial charge in [0.15, 0.2) is 0 Å². The first-order valence-corrected chi connectivity index (χ1v) is 7.87. The maximum atomic E-state index is 7.46. The molecule has 1 aromatic rings. The van der Waals surface area contributed by atoms with Crippen molar-refractivity contribution in [1.29, 1.82) is 5.41 Å². The molecule has 1 aromatic carbocycles. The monoisotopic (exact) mass is 532 g/mol. The van der Waals surface area contributed by atoms with Crippen LogP contribution in [0.25, 0.3) is 0 Å². The number of amidine groups is 1. The van der Waals surface area contributed by atoms with Gasteiger partial charge in [0.25, 0.3) is 0 Å². The summed E-state index contributed by atoms with van der Waals surface area (Å²) in [4.78, 5) is 0. The summed E-state index contributed by atoms with van der Waals surface area (Å²) in [5.74, 6) is 0.179. The number of nitrogens with one attached hydrogen (secondary N) is 1. The number of nitrogens with two attached hydrogens (primary N) is 1. The molecule has 0 aliphatic heterocycles. The predicted molar refractivity (Wildman–Crippen MR) is 81.1 cm³/mol. The summed E-state index contributed by atoms with van der Waals surface area (Å²) in [5.41, 5.74) is 6.42. The number of hydrogen-bond acceptors (Lipinski definition) is 1. The van der Waals surface area contributed by atoms with Crippen molar-refractivity contribution in [2.75, 3.05) is 0 Å². The zero-order valence-electron chi connectivity index (χ0n) is 9.70. The first kappa shape index (κ1) is 22.0. The van der Waals surface area contributed by atoms with Crippen LogP contribution >= 0.6 is 34.0 Å². The standard InChI is InChI=1S/C10H16N2Si.2BrH.Hf/c1-13(2,3)9-7-5-4-6-8(9)10(11)12;;;/h4-7H,1-3H3,(H3,11,12);2*1H;. The minimum absolute atomic E-state index is 0. The molecule has 0 saturated heterocycles. The van der Waals surface area contributed by atoms with E-state index in [2.05, 4.69) is 25.7 Å². The van der Waals surface area contributed by atoms with Crippen LogP contribution in [0, 0.1) is 5.41 Å². The molecule has 0 amide bonds. The number of halogens is 2. The Morgan fingerprint density at radius 1 is 1.12 bits per heavy atom. The molecule has 0 heterocycles. The van der Waals surface area contributed by atoms with E-state index in [1.807, 2.05) is 18.2 Å². The second-order valence-corrected chi connectivity index (χ2v) is 9.25. The fraction of sp³-hybridized carbons (Fsp3) is 0.300. The summed E-state index contributed by atoms with van der Waals surface area (Å²) in [6.45, 7) is 6.78. The van der Waals surface area contributed by atoms with Gasteiger partial charge in [-0.1, -0.05) is 43.9 Å². The van der Waals surface area contributed by atoms with Crippen LogP contribution in [0.3, 0.4) is 0 Å². The molecule has 2 nitrogen and oxygen atoms in total. The Labute approximate surface area is 138 Å². The topological polar surface area (TPSA) is 49.9 Å². The Morgan fingerprint density at radius 3 is 1.88 bits per heavy atom. The van der Waals surface area contributed by atoms with Gasteiger partial charge in [0.1, 0.15) is 5.84 Å². The smallest absolute Gasteiger partial charge is 0.122 e. The first-order valence-electron chi connectivity index (χ1n) is 4.37. The Morgan fingerprint density at radius 2 is 1.56 bits per heavy atom. The molecule has 3 N–H and O–H groups in total. The molecule has 1 rings (SSSR count). The normalized spacial score (nSPS) is 9.19. The fourth-order valence-electron chi connectivity index (χ4n) is 1.37. The summed E-state index contributed by atoms with van der Waals surface area (Å²) < 4.78 is 0. The molecule has 0 radical (unpaired) electrons. The van der Waals surface area contributed by atoms with Crippen molar-refractivity contribution >= 4 is 53.1 Å². The van der Waals surface area contributed by atoms with E-state index in [-0.39, 0.29) is 65.6 Å². The van der Waals surface area contributed by atoms with Gasteiger partial charge in [-0.3, -0.25) is 5.41 Å². The van der Waals surface area contributed by atoms with Gasteiger partial charge >= 0.3 is 0 Å². The summed E-state index contributed by atoms with van der Waals surface area (Å²) in [6, 6.07) is 7.96. The summed E-state index contributed by atoms with van der Waals surface area (Å²) in [5, 5.41) is 8.72. The molecule has 0 saturated carbocycles. The molecule has 0 spiro atoms. The van der Waals surface area contributed by atoms with Gasteiger partial charge < -0.3 is 5.73 Å². The van der Waals surface area contributed by atoms with E-state index in [4.69, 9.17) is 11.1 Å². The number of hydrogen-bond donors (Lipinski definition) is 2. The van der Waals surface area contributed by atoms with Gasteiger partial charge in [0.2, 0.25) is 0 Å². The average Bonchev–Trinajstić information content (AvgIpc) is 2.03. The molecule has 0 aliphatic rings. The molecular formula is C10H18Br2HfN2Si. The van der Waals surface area contributed by atoms with E-state index in [9.17, 15) is 0 Å². The van der Waals surface area contributed by atoms with E-state index >= 15 is 0 Å². The predicted octanol–water partition coefficient (Wildman–Crippen LogP) is 2.67. The molecule has 6 heteroatoms. The number of rotatable bonds is 2. The van der Waals surface area contributed by atoms with Crippen molar-refractivity contribution < 1.29 is 25.8 Å². The van der Waals surface area contributed by atoms with Crippen LogP contribution in [0.2, 0.25) is 19.6 Å². The van der Waals surface area contributed by atoms with Crippen molar-refractivity contribution in [3.8, 4) is 0 Å². The van der Waals surface area contributed by atoms with Crippen molar-refractivity contribution in [3.05, 3.63) is 29.8 Å². The second kappa shape index (κ2) is 8.77. The fourth-order valence-corrected chi connectivity index (χ4v) is 2.99. The molecule has 90 valence electrons. The van der Waals surface area contributed by atoms with Crippen molar-refractivity contribution in [2.24, 2.45) is 5.73 Å². The number of nitrogen functional groups attached to an aromatic ring is 1. The Hall–Kier alpha value is 0.737. The molecule has 16 heavy (non-hydrogen) atoms. The quantitative estimate of drug-likeness (QED) is 0.344. The molecule has 0 fully saturated rings. The zero-order chi connectivity index (χ0) is 10.1. The summed E-state index contributed by atoms with van der Waals surface area (Å²) in [6.07, 6.45) is 0. The number of benzene rings is 1. The largest absolute Gasteiger partial charge is 0.384 e. The van der Waals surface area contributed by atoms with E-state index in [1.165, 1.54) is 5.19 Å². The Kier molecular flexibility index (Phi) is 12.0. The molecular weight excluding hydrogens is 515 g/mol. The van der Waals surface area contributed by atoms with E-state index in [1.54, 1.807) is 0 Å². The Bertz CT molecular complexity index is 340. The SMILES string of the molecule is Br.Br.C[Si](C)(C)c1ccccc1C(=N)N.[Hf]. The minimum Gasteiger partial charge on any atom is -0.384 e. The van der Waals surface area contributed by atoms with Gasteiger partial charge in [0.05, 0.1) is 8.07 Å². The van der Waals surface area contributed by atoms with Gasteiger partial charge in [-0.2, -0.15) is 0 Å². The molecule has 0 bridgehead atoms. The second-order valence-electron chi connectivity index (χ2n) is 4.21. The molecule has 0 aromatic heterocycles. The van der Waals surface area contributed by atoms with Crippen LogP contribution in [0.1, 0.15) is 5.56 Å². The Balaban J connectivity index is -0.000000563. The van der Waals surface area contributed by atoms with E-state index < -0.39 is 8.07 Å². The maximum Gasteiger partial charge on any atom is 0.122 e. The molecule has 0 aliphatic carbocycles. The van der Waals surface area contributed by atoms with Crippen LogP contribution < -0.4 is 10.9 Å². The van der Waals surface area contributed by atoms with E-state index in [0.717, 1.165) is 5.56 Å². The molecule has 0 atom stereocenters. The van der Waals surface area contributed by atoms with E-state index in [0.29, 0.717) is 0 Å². The van der Waals surface area contributed by atoms with Gasteiger partial charge in [-0.05, 0) is 5.19 Å². The van der Waals surface area contributed by atoms with Gasteiger partial charge in [0, 0.05) is 31.4 Å². The average molecular weight is 533 g/mol. The zero-order valence-corrected chi connectivity index (χ0v) is 17.7. The van der Waals surface area contributed by atoms with Crippen LogP contribution in [0.5, 0.6) is 0 Å². The third-order valence-electron chi connectivity index (χ3n) is 2.03. The van der Waals surface area contributed by atoms with Crippen LogP contribution in [0.15, 0.2) is 24.3 Å². The van der Waals surface area contributed by atoms with Gasteiger partial charge in [-0.25, -0.2) is 0 Å². The first-order chi connectivity index (χ1) is 5.93. The van der Waals surface area contributed by atoms with Crippen molar-refractivity contribution in [2.45, 2.75) is 19.6 Å².